The average molecular weight is 271 g/mol. The largest absolute Gasteiger partial charge is 0.486 e. The predicted molar refractivity (Wildman–Crippen MR) is 58.4 cm³/mol. The number of pyridine rings is 1. The molecule has 0 aliphatic heterocycles. The van der Waals surface area contributed by atoms with E-state index in [1.54, 1.807) is 29.9 Å². The summed E-state index contributed by atoms with van der Waals surface area (Å²) < 4.78 is 6.37. The highest BCUT2D eigenvalue weighted by Gasteiger charge is 1.99. The van der Waals surface area contributed by atoms with E-state index in [0.717, 1.165) is 14.5 Å². The Labute approximate surface area is 93.9 Å². The predicted octanol–water partition coefficient (Wildman–Crippen LogP) is 2.88. The quantitative estimate of drug-likeness (QED) is 0.861. The van der Waals surface area contributed by atoms with E-state index in [4.69, 9.17) is 4.74 Å². The maximum Gasteiger partial charge on any atom is 0.159 e. The normalized spacial score (nSPS) is 10.1. The first-order valence-electron chi connectivity index (χ1n) is 3.97. The fourth-order valence-electron chi connectivity index (χ4n) is 0.937. The van der Waals surface area contributed by atoms with Crippen molar-refractivity contribution in [1.82, 2.24) is 9.97 Å². The zero-order valence-electron chi connectivity index (χ0n) is 7.18. The fraction of sp³-hybridized carbons (Fsp3) is 0.111. The lowest BCUT2D eigenvalue weighted by Gasteiger charge is -2.01. The molecule has 0 fully saturated rings. The molecule has 2 aromatic rings. The van der Waals surface area contributed by atoms with Gasteiger partial charge in [-0.15, -0.1) is 11.3 Å². The molecule has 0 aromatic carbocycles. The van der Waals surface area contributed by atoms with Crippen molar-refractivity contribution in [2.24, 2.45) is 0 Å². The first kappa shape index (κ1) is 9.61. The van der Waals surface area contributed by atoms with Crippen LogP contribution in [0.1, 0.15) is 4.88 Å². The highest BCUT2D eigenvalue weighted by atomic mass is 79.9. The third-order valence-corrected chi connectivity index (χ3v) is 2.99. The highest BCUT2D eigenvalue weighted by Crippen LogP contribution is 2.20. The van der Waals surface area contributed by atoms with Crippen LogP contribution in [-0.4, -0.2) is 9.97 Å². The number of rotatable bonds is 3. The Morgan fingerprint density at radius 3 is 3.00 bits per heavy atom. The number of hydrogen-bond acceptors (Lipinski definition) is 4. The Hall–Kier alpha value is -0.940. The van der Waals surface area contributed by atoms with Gasteiger partial charge in [0.2, 0.25) is 0 Å². The van der Waals surface area contributed by atoms with E-state index in [1.807, 2.05) is 12.1 Å². The molecule has 0 atom stereocenters. The van der Waals surface area contributed by atoms with Crippen LogP contribution in [0.15, 0.2) is 34.6 Å². The molecule has 2 heterocycles. The molecule has 0 unspecified atom stereocenters. The molecule has 0 saturated carbocycles. The summed E-state index contributed by atoms with van der Waals surface area (Å²) in [5.41, 5.74) is 0. The van der Waals surface area contributed by atoms with Gasteiger partial charge < -0.3 is 4.74 Å². The summed E-state index contributed by atoms with van der Waals surface area (Å²) in [6, 6.07) is 3.72. The second-order valence-electron chi connectivity index (χ2n) is 2.56. The van der Waals surface area contributed by atoms with E-state index in [9.17, 15) is 0 Å². The highest BCUT2D eigenvalue weighted by molar-refractivity contribution is 9.11. The molecule has 0 N–H and O–H groups in total. The minimum absolute atomic E-state index is 0.537. The average Bonchev–Trinajstić information content (AvgIpc) is 2.63. The van der Waals surface area contributed by atoms with Gasteiger partial charge in [-0.3, -0.25) is 4.98 Å². The van der Waals surface area contributed by atoms with Crippen molar-refractivity contribution in [3.8, 4) is 5.75 Å². The van der Waals surface area contributed by atoms with Crippen molar-refractivity contribution in [3.63, 3.8) is 0 Å². The number of halogens is 1. The van der Waals surface area contributed by atoms with Crippen LogP contribution in [0.3, 0.4) is 0 Å². The molecule has 2 aromatic heterocycles. The van der Waals surface area contributed by atoms with Gasteiger partial charge >= 0.3 is 0 Å². The van der Waals surface area contributed by atoms with E-state index < -0.39 is 0 Å². The first-order valence-corrected chi connectivity index (χ1v) is 5.58. The Balaban J connectivity index is 1.95. The van der Waals surface area contributed by atoms with Gasteiger partial charge in [0.1, 0.15) is 12.4 Å². The summed E-state index contributed by atoms with van der Waals surface area (Å²) in [5.74, 6) is 0.775. The molecule has 14 heavy (non-hydrogen) atoms. The Bertz CT molecular complexity index is 404. The van der Waals surface area contributed by atoms with Gasteiger partial charge in [0.25, 0.3) is 0 Å². The van der Waals surface area contributed by atoms with Crippen LogP contribution in [0.25, 0.3) is 0 Å². The van der Waals surface area contributed by atoms with Crippen molar-refractivity contribution in [2.45, 2.75) is 6.61 Å². The first-order chi connectivity index (χ1) is 6.84. The second kappa shape index (κ2) is 4.52. The molecule has 0 radical (unpaired) electrons. The van der Waals surface area contributed by atoms with E-state index in [-0.39, 0.29) is 0 Å². The third-order valence-electron chi connectivity index (χ3n) is 1.54. The van der Waals surface area contributed by atoms with Gasteiger partial charge in [-0.2, -0.15) is 0 Å². The standard InChI is InChI=1S/C9H7BrN2OS/c10-9-12-5-8(14-9)6-13-7-2-1-3-11-4-7/h1-5H,6H2. The number of ether oxygens (including phenoxy) is 1. The minimum atomic E-state index is 0.537. The summed E-state index contributed by atoms with van der Waals surface area (Å²) in [5, 5.41) is 0. The van der Waals surface area contributed by atoms with Crippen LogP contribution in [0.2, 0.25) is 0 Å². The molecule has 0 spiro atoms. The Morgan fingerprint density at radius 2 is 2.36 bits per heavy atom. The molecule has 0 saturated heterocycles. The van der Waals surface area contributed by atoms with Crippen molar-refractivity contribution < 1.29 is 4.74 Å². The lowest BCUT2D eigenvalue weighted by molar-refractivity contribution is 0.308. The summed E-state index contributed by atoms with van der Waals surface area (Å²) >= 11 is 4.87. The molecule has 0 aliphatic carbocycles. The number of thiazole rings is 1. The molecule has 0 bridgehead atoms. The lowest BCUT2D eigenvalue weighted by atomic mass is 10.5. The zero-order chi connectivity index (χ0) is 9.80. The molecular weight excluding hydrogens is 264 g/mol. The lowest BCUT2D eigenvalue weighted by Crippen LogP contribution is -1.92. The number of nitrogens with zero attached hydrogens (tertiary/aromatic N) is 2. The molecule has 0 amide bonds. The van der Waals surface area contributed by atoms with Crippen LogP contribution in [0.4, 0.5) is 0 Å². The summed E-state index contributed by atoms with van der Waals surface area (Å²) in [6.07, 6.45) is 5.21. The van der Waals surface area contributed by atoms with Crippen LogP contribution in [-0.2, 0) is 6.61 Å². The van der Waals surface area contributed by atoms with Gasteiger partial charge in [-0.05, 0) is 28.1 Å². The van der Waals surface area contributed by atoms with Crippen LogP contribution >= 0.6 is 27.3 Å². The SMILES string of the molecule is Brc1ncc(COc2cccnc2)s1. The van der Waals surface area contributed by atoms with E-state index in [0.29, 0.717) is 6.61 Å². The maximum absolute atomic E-state index is 5.49. The van der Waals surface area contributed by atoms with E-state index in [1.165, 1.54) is 0 Å². The van der Waals surface area contributed by atoms with E-state index in [2.05, 4.69) is 25.9 Å². The molecular formula is C9H7BrN2OS. The third kappa shape index (κ3) is 2.52. The minimum Gasteiger partial charge on any atom is -0.486 e. The monoisotopic (exact) mass is 270 g/mol. The summed E-state index contributed by atoms with van der Waals surface area (Å²) in [4.78, 5) is 9.11. The summed E-state index contributed by atoms with van der Waals surface area (Å²) in [6.45, 7) is 0.537. The summed E-state index contributed by atoms with van der Waals surface area (Å²) in [7, 11) is 0. The fourth-order valence-corrected chi connectivity index (χ4v) is 2.21. The Kier molecular flexibility index (Phi) is 3.10. The van der Waals surface area contributed by atoms with Crippen LogP contribution in [0.5, 0.6) is 5.75 Å². The van der Waals surface area contributed by atoms with Crippen molar-refractivity contribution in [1.29, 1.82) is 0 Å². The van der Waals surface area contributed by atoms with Gasteiger partial charge in [0.15, 0.2) is 3.92 Å². The smallest absolute Gasteiger partial charge is 0.159 e. The van der Waals surface area contributed by atoms with Crippen molar-refractivity contribution >= 4 is 27.3 Å². The van der Waals surface area contributed by atoms with Gasteiger partial charge in [-0.25, -0.2) is 4.98 Å². The van der Waals surface area contributed by atoms with E-state index >= 15 is 0 Å². The molecule has 0 aliphatic rings. The van der Waals surface area contributed by atoms with Crippen molar-refractivity contribution in [3.05, 3.63) is 39.5 Å². The van der Waals surface area contributed by atoms with Gasteiger partial charge in [-0.1, -0.05) is 0 Å². The zero-order valence-corrected chi connectivity index (χ0v) is 9.59. The number of hydrogen-bond donors (Lipinski definition) is 0. The molecule has 2 rings (SSSR count). The van der Waals surface area contributed by atoms with Crippen molar-refractivity contribution in [2.75, 3.05) is 0 Å². The van der Waals surface area contributed by atoms with Gasteiger partial charge in [0, 0.05) is 12.4 Å². The molecule has 3 nitrogen and oxygen atoms in total. The second-order valence-corrected chi connectivity index (χ2v) is 4.95. The topological polar surface area (TPSA) is 35.0 Å². The molecule has 5 heteroatoms. The number of aromatic nitrogens is 2. The molecule has 72 valence electrons. The van der Waals surface area contributed by atoms with Gasteiger partial charge in [0.05, 0.1) is 11.1 Å². The maximum atomic E-state index is 5.49. The Morgan fingerprint density at radius 1 is 1.43 bits per heavy atom. The van der Waals surface area contributed by atoms with Crippen LogP contribution < -0.4 is 4.74 Å². The van der Waals surface area contributed by atoms with Crippen LogP contribution in [0, 0.1) is 0 Å².